The normalized spacial score (nSPS) is 14.6. The summed E-state index contributed by atoms with van der Waals surface area (Å²) >= 11 is 0. The molecule has 6 nitrogen and oxygen atoms in total. The van der Waals surface area contributed by atoms with Crippen LogP contribution in [0.2, 0.25) is 0 Å². The summed E-state index contributed by atoms with van der Waals surface area (Å²) in [6, 6.07) is 6.87. The maximum atomic E-state index is 13.0. The third-order valence-electron chi connectivity index (χ3n) is 5.42. The predicted octanol–water partition coefficient (Wildman–Crippen LogP) is 4.09. The average molecular weight is 416 g/mol. The van der Waals surface area contributed by atoms with Crippen LogP contribution in [0.15, 0.2) is 36.5 Å². The molecule has 1 aromatic carbocycles. The first-order chi connectivity index (χ1) is 14.2. The van der Waals surface area contributed by atoms with Crippen molar-refractivity contribution in [2.24, 2.45) is 0 Å². The number of halogens is 3. The van der Waals surface area contributed by atoms with Crippen LogP contribution in [-0.4, -0.2) is 27.8 Å². The molecule has 9 heteroatoms. The van der Waals surface area contributed by atoms with Crippen molar-refractivity contribution in [1.29, 1.82) is 0 Å². The Labute approximate surface area is 170 Å². The van der Waals surface area contributed by atoms with Gasteiger partial charge < -0.3 is 15.4 Å². The van der Waals surface area contributed by atoms with Gasteiger partial charge in [-0.3, -0.25) is 9.78 Å². The second-order valence-corrected chi connectivity index (χ2v) is 7.24. The van der Waals surface area contributed by atoms with Crippen molar-refractivity contribution in [3.05, 3.63) is 64.5 Å². The van der Waals surface area contributed by atoms with Crippen LogP contribution in [0.1, 0.15) is 45.7 Å². The molecule has 0 aliphatic carbocycles. The molecule has 0 saturated carbocycles. The topological polar surface area (TPSA) is 81.3 Å². The molecule has 2 aromatic heterocycles. The lowest BCUT2D eigenvalue weighted by molar-refractivity contribution is -0.137. The van der Waals surface area contributed by atoms with Gasteiger partial charge in [0.2, 0.25) is 0 Å². The standard InChI is InChI=1S/C21H19F3N4O2/c1-11(17-6-4-13(8-26-17)21(22,23)24)28(2)20(29)12-3-5-18-14(7-12)15-9-30-10-16(15)19(25)27-18/h3-8,11H,9-10H2,1-2H3,(H2,25,27). The zero-order chi connectivity index (χ0) is 21.6. The summed E-state index contributed by atoms with van der Waals surface area (Å²) in [5.41, 5.74) is 8.39. The molecule has 4 rings (SSSR count). The second kappa shape index (κ2) is 7.24. The molecule has 1 unspecified atom stereocenters. The summed E-state index contributed by atoms with van der Waals surface area (Å²) in [7, 11) is 1.59. The first-order valence-electron chi connectivity index (χ1n) is 9.26. The number of amides is 1. The Bertz CT molecular complexity index is 1130. The summed E-state index contributed by atoms with van der Waals surface area (Å²) in [4.78, 5) is 22.7. The average Bonchev–Trinajstić information content (AvgIpc) is 3.22. The van der Waals surface area contributed by atoms with Crippen molar-refractivity contribution in [2.45, 2.75) is 32.4 Å². The number of anilines is 1. The molecule has 0 bridgehead atoms. The first-order valence-corrected chi connectivity index (χ1v) is 9.26. The number of benzene rings is 1. The highest BCUT2D eigenvalue weighted by molar-refractivity contribution is 5.99. The van der Waals surface area contributed by atoms with E-state index in [4.69, 9.17) is 10.5 Å². The lowest BCUT2D eigenvalue weighted by Crippen LogP contribution is -2.30. The van der Waals surface area contributed by atoms with E-state index in [9.17, 15) is 18.0 Å². The zero-order valence-corrected chi connectivity index (χ0v) is 16.3. The fourth-order valence-electron chi connectivity index (χ4n) is 3.50. The van der Waals surface area contributed by atoms with Gasteiger partial charge in [0.15, 0.2) is 0 Å². The van der Waals surface area contributed by atoms with Crippen LogP contribution in [0.4, 0.5) is 19.0 Å². The van der Waals surface area contributed by atoms with Gasteiger partial charge in [-0.2, -0.15) is 13.2 Å². The minimum atomic E-state index is -4.46. The molecule has 1 aliphatic rings. The van der Waals surface area contributed by atoms with Crippen LogP contribution >= 0.6 is 0 Å². The summed E-state index contributed by atoms with van der Waals surface area (Å²) in [5.74, 6) is 0.142. The van der Waals surface area contributed by atoms with Gasteiger partial charge in [-0.15, -0.1) is 0 Å². The Hall–Kier alpha value is -3.20. The number of pyridine rings is 2. The smallest absolute Gasteiger partial charge is 0.383 e. The van der Waals surface area contributed by atoms with Crippen molar-refractivity contribution in [1.82, 2.24) is 14.9 Å². The number of aromatic nitrogens is 2. The van der Waals surface area contributed by atoms with E-state index in [1.165, 1.54) is 11.0 Å². The molecule has 0 radical (unpaired) electrons. The molecule has 30 heavy (non-hydrogen) atoms. The van der Waals surface area contributed by atoms with Crippen LogP contribution in [0.5, 0.6) is 0 Å². The maximum Gasteiger partial charge on any atom is 0.417 e. The van der Waals surface area contributed by atoms with Gasteiger partial charge in [-0.1, -0.05) is 0 Å². The summed E-state index contributed by atoms with van der Waals surface area (Å²) in [6.07, 6.45) is -3.68. The number of carbonyl (C=O) groups is 1. The SMILES string of the molecule is CC(c1ccc(C(F)(F)F)cn1)N(C)C(=O)c1ccc2nc(N)c3c(c2c1)COC3. The molecule has 1 amide bonds. The van der Waals surface area contributed by atoms with E-state index < -0.39 is 17.8 Å². The number of rotatable bonds is 3. The number of nitrogens with zero attached hydrogens (tertiary/aromatic N) is 3. The first kappa shape index (κ1) is 20.1. The van der Waals surface area contributed by atoms with E-state index in [-0.39, 0.29) is 5.91 Å². The minimum absolute atomic E-state index is 0.282. The van der Waals surface area contributed by atoms with E-state index >= 15 is 0 Å². The Morgan fingerprint density at radius 3 is 2.60 bits per heavy atom. The van der Waals surface area contributed by atoms with E-state index in [1.807, 2.05) is 0 Å². The summed E-state index contributed by atoms with van der Waals surface area (Å²) < 4.78 is 43.7. The number of hydrogen-bond donors (Lipinski definition) is 1. The summed E-state index contributed by atoms with van der Waals surface area (Å²) in [6.45, 7) is 2.50. The maximum absolute atomic E-state index is 13.0. The number of ether oxygens (including phenoxy) is 1. The molecule has 0 spiro atoms. The number of alkyl halides is 3. The molecular weight excluding hydrogens is 397 g/mol. The summed E-state index contributed by atoms with van der Waals surface area (Å²) in [5, 5.41) is 0.802. The molecule has 3 heterocycles. The fourth-order valence-corrected chi connectivity index (χ4v) is 3.50. The Morgan fingerprint density at radius 1 is 1.20 bits per heavy atom. The van der Waals surface area contributed by atoms with Crippen LogP contribution in [-0.2, 0) is 24.1 Å². The van der Waals surface area contributed by atoms with Gasteiger partial charge in [-0.05, 0) is 42.8 Å². The molecule has 156 valence electrons. The number of hydrogen-bond acceptors (Lipinski definition) is 5. The van der Waals surface area contributed by atoms with Crippen LogP contribution in [0.25, 0.3) is 10.9 Å². The van der Waals surface area contributed by atoms with Gasteiger partial charge in [0.05, 0.1) is 36.0 Å². The second-order valence-electron chi connectivity index (χ2n) is 7.24. The molecule has 0 saturated heterocycles. The van der Waals surface area contributed by atoms with Crippen molar-refractivity contribution in [2.75, 3.05) is 12.8 Å². The molecule has 2 N–H and O–H groups in total. The largest absolute Gasteiger partial charge is 0.417 e. The highest BCUT2D eigenvalue weighted by Gasteiger charge is 2.31. The van der Waals surface area contributed by atoms with Gasteiger partial charge in [0.25, 0.3) is 5.91 Å². The van der Waals surface area contributed by atoms with Crippen LogP contribution < -0.4 is 5.73 Å². The Morgan fingerprint density at radius 2 is 1.93 bits per heavy atom. The highest BCUT2D eigenvalue weighted by Crippen LogP contribution is 2.32. The number of fused-ring (bicyclic) bond motifs is 3. The third kappa shape index (κ3) is 3.45. The monoisotopic (exact) mass is 416 g/mol. The van der Waals surface area contributed by atoms with Crippen LogP contribution in [0, 0.1) is 0 Å². The third-order valence-corrected chi connectivity index (χ3v) is 5.42. The van der Waals surface area contributed by atoms with E-state index in [2.05, 4.69) is 9.97 Å². The zero-order valence-electron chi connectivity index (χ0n) is 16.3. The predicted molar refractivity (Wildman–Crippen MR) is 104 cm³/mol. The fraction of sp³-hybridized carbons (Fsp3) is 0.286. The van der Waals surface area contributed by atoms with Crippen molar-refractivity contribution < 1.29 is 22.7 Å². The van der Waals surface area contributed by atoms with Crippen molar-refractivity contribution in [3.8, 4) is 0 Å². The van der Waals surface area contributed by atoms with E-state index in [1.54, 1.807) is 32.2 Å². The lowest BCUT2D eigenvalue weighted by Gasteiger charge is -2.25. The molecule has 0 fully saturated rings. The number of carbonyl (C=O) groups excluding carboxylic acids is 1. The Kier molecular flexibility index (Phi) is 4.85. The quantitative estimate of drug-likeness (QED) is 0.695. The lowest BCUT2D eigenvalue weighted by atomic mass is 10.0. The van der Waals surface area contributed by atoms with Crippen molar-refractivity contribution in [3.63, 3.8) is 0 Å². The molecule has 1 atom stereocenters. The number of nitrogens with two attached hydrogens (primary N) is 1. The molecular formula is C21H19F3N4O2. The van der Waals surface area contributed by atoms with E-state index in [0.29, 0.717) is 35.8 Å². The highest BCUT2D eigenvalue weighted by atomic mass is 19.4. The molecule has 3 aromatic rings. The van der Waals surface area contributed by atoms with Gasteiger partial charge in [0.1, 0.15) is 5.82 Å². The van der Waals surface area contributed by atoms with E-state index in [0.717, 1.165) is 28.8 Å². The Balaban J connectivity index is 1.62. The van der Waals surface area contributed by atoms with Gasteiger partial charge in [-0.25, -0.2) is 4.98 Å². The number of nitrogen functional groups attached to an aromatic ring is 1. The van der Waals surface area contributed by atoms with Crippen molar-refractivity contribution >= 4 is 22.6 Å². The van der Waals surface area contributed by atoms with Gasteiger partial charge >= 0.3 is 6.18 Å². The molecule has 1 aliphatic heterocycles. The van der Waals surface area contributed by atoms with Crippen LogP contribution in [0.3, 0.4) is 0 Å². The minimum Gasteiger partial charge on any atom is -0.383 e. The van der Waals surface area contributed by atoms with Gasteiger partial charge in [0, 0.05) is 29.8 Å².